The Morgan fingerprint density at radius 1 is 0.774 bits per heavy atom. The topological polar surface area (TPSA) is 0 Å². The number of aryl methyl sites for hydroxylation is 2. The summed E-state index contributed by atoms with van der Waals surface area (Å²) in [6, 6.07) is 21.9. The molecule has 0 radical (unpaired) electrons. The normalized spacial score (nSPS) is 10.4. The summed E-state index contributed by atoms with van der Waals surface area (Å²) in [4.78, 5) is 0. The summed E-state index contributed by atoms with van der Waals surface area (Å²) in [5.74, 6) is 6.28. The summed E-state index contributed by atoms with van der Waals surface area (Å²) in [7, 11) is 0. The Morgan fingerprint density at radius 3 is 2.00 bits per heavy atom. The van der Waals surface area contributed by atoms with Crippen molar-refractivity contribution in [1.82, 2.24) is 0 Å². The molecular weight excluding hydrogens is 379 g/mol. The fraction of sp³-hybridized carbons (Fsp3) is 0.267. The van der Waals surface area contributed by atoms with Gasteiger partial charge in [0.1, 0.15) is 5.82 Å². The molecule has 0 aliphatic carbocycles. The van der Waals surface area contributed by atoms with Gasteiger partial charge in [0.2, 0.25) is 0 Å². The second-order valence-electron chi connectivity index (χ2n) is 7.98. The fourth-order valence-corrected chi connectivity index (χ4v) is 3.58. The lowest BCUT2D eigenvalue weighted by atomic mass is 10.00. The molecule has 0 saturated heterocycles. The lowest BCUT2D eigenvalue weighted by molar-refractivity contribution is 0.627. The molecule has 3 aromatic carbocycles. The second kappa shape index (κ2) is 11.9. The maximum absolute atomic E-state index is 14.5. The van der Waals surface area contributed by atoms with Gasteiger partial charge in [-0.15, -0.1) is 6.58 Å². The summed E-state index contributed by atoms with van der Waals surface area (Å²) >= 11 is 0. The lowest BCUT2D eigenvalue weighted by Gasteiger charge is -2.06. The second-order valence-corrected chi connectivity index (χ2v) is 7.98. The van der Waals surface area contributed by atoms with Crippen LogP contribution in [-0.4, -0.2) is 0 Å². The molecule has 31 heavy (non-hydrogen) atoms. The molecule has 0 fully saturated rings. The first-order valence-corrected chi connectivity index (χ1v) is 11.3. The monoisotopic (exact) mass is 410 g/mol. The highest BCUT2D eigenvalue weighted by Gasteiger charge is 2.06. The van der Waals surface area contributed by atoms with E-state index < -0.39 is 0 Å². The molecule has 0 unspecified atom stereocenters. The smallest absolute Gasteiger partial charge is 0.131 e. The molecule has 0 bridgehead atoms. The van der Waals surface area contributed by atoms with Crippen molar-refractivity contribution in [3.8, 4) is 23.0 Å². The van der Waals surface area contributed by atoms with Crippen LogP contribution in [-0.2, 0) is 12.8 Å². The van der Waals surface area contributed by atoms with Crippen molar-refractivity contribution in [2.75, 3.05) is 0 Å². The van der Waals surface area contributed by atoms with E-state index in [0.717, 1.165) is 54.4 Å². The number of benzene rings is 3. The molecule has 0 nitrogen and oxygen atoms in total. The molecule has 0 aromatic heterocycles. The molecule has 1 heteroatoms. The predicted molar refractivity (Wildman–Crippen MR) is 131 cm³/mol. The number of unbranched alkanes of at least 4 members (excludes halogenated alkanes) is 3. The van der Waals surface area contributed by atoms with Crippen LogP contribution in [0.15, 0.2) is 79.4 Å². The van der Waals surface area contributed by atoms with E-state index in [4.69, 9.17) is 0 Å². The Labute approximate surface area is 186 Å². The maximum atomic E-state index is 14.5. The molecule has 0 spiro atoms. The van der Waals surface area contributed by atoms with E-state index >= 15 is 0 Å². The van der Waals surface area contributed by atoms with Crippen molar-refractivity contribution in [3.05, 3.63) is 107 Å². The number of halogens is 1. The fourth-order valence-electron chi connectivity index (χ4n) is 3.58. The zero-order valence-corrected chi connectivity index (χ0v) is 18.5. The standard InChI is InChI=1S/C30H31F/c1-3-5-7-8-10-24-11-13-25(14-12-24)15-16-26-17-20-28(21-18-26)29-22-19-27(9-6-4-2)23-30(29)31/h3,11-14,17-23H,1,4-10H2,2H3. The van der Waals surface area contributed by atoms with Crippen LogP contribution in [0.3, 0.4) is 0 Å². The number of allylic oxidation sites excluding steroid dienone is 1. The van der Waals surface area contributed by atoms with Crippen molar-refractivity contribution < 1.29 is 4.39 Å². The van der Waals surface area contributed by atoms with E-state index in [1.807, 2.05) is 42.5 Å². The highest BCUT2D eigenvalue weighted by atomic mass is 19.1. The summed E-state index contributed by atoms with van der Waals surface area (Å²) in [6.45, 7) is 5.92. The van der Waals surface area contributed by atoms with Crippen molar-refractivity contribution in [2.45, 2.75) is 51.9 Å². The molecule has 0 aliphatic heterocycles. The minimum Gasteiger partial charge on any atom is -0.206 e. The van der Waals surface area contributed by atoms with Gasteiger partial charge in [-0.05, 0) is 85.5 Å². The first-order valence-electron chi connectivity index (χ1n) is 11.3. The van der Waals surface area contributed by atoms with Crippen molar-refractivity contribution in [2.24, 2.45) is 0 Å². The molecule has 0 aliphatic rings. The molecular formula is C30H31F. The number of hydrogen-bond donors (Lipinski definition) is 0. The zero-order chi connectivity index (χ0) is 21.9. The number of rotatable bonds is 9. The molecule has 0 heterocycles. The third-order valence-electron chi connectivity index (χ3n) is 5.48. The Hall–Kier alpha value is -3.11. The first-order chi connectivity index (χ1) is 15.2. The van der Waals surface area contributed by atoms with E-state index in [-0.39, 0.29) is 5.82 Å². The Morgan fingerprint density at radius 2 is 1.39 bits per heavy atom. The Kier molecular flexibility index (Phi) is 8.68. The SMILES string of the molecule is C=CCCCCc1ccc(C#Cc2ccc(-c3ccc(CCCC)cc3F)cc2)cc1. The minimum absolute atomic E-state index is 0.156. The first kappa shape index (κ1) is 22.6. The molecule has 0 saturated carbocycles. The van der Waals surface area contributed by atoms with Crippen LogP contribution in [0.2, 0.25) is 0 Å². The summed E-state index contributed by atoms with van der Waals surface area (Å²) in [5, 5.41) is 0. The van der Waals surface area contributed by atoms with Gasteiger partial charge in [-0.25, -0.2) is 4.39 Å². The molecule has 3 aromatic rings. The average molecular weight is 411 g/mol. The zero-order valence-electron chi connectivity index (χ0n) is 18.5. The highest BCUT2D eigenvalue weighted by Crippen LogP contribution is 2.24. The third kappa shape index (κ3) is 6.97. The van der Waals surface area contributed by atoms with Crippen LogP contribution in [0.5, 0.6) is 0 Å². The summed E-state index contributed by atoms with van der Waals surface area (Å²) in [6.07, 6.45) is 9.67. The third-order valence-corrected chi connectivity index (χ3v) is 5.48. The van der Waals surface area contributed by atoms with Gasteiger partial charge in [-0.1, -0.05) is 67.7 Å². The van der Waals surface area contributed by atoms with Gasteiger partial charge in [0.25, 0.3) is 0 Å². The van der Waals surface area contributed by atoms with Gasteiger partial charge in [-0.3, -0.25) is 0 Å². The molecule has 0 atom stereocenters. The minimum atomic E-state index is -0.156. The van der Waals surface area contributed by atoms with E-state index in [0.29, 0.717) is 5.56 Å². The van der Waals surface area contributed by atoms with E-state index in [1.165, 1.54) is 18.4 Å². The Balaban J connectivity index is 1.62. The van der Waals surface area contributed by atoms with E-state index in [2.05, 4.69) is 49.6 Å². The molecule has 0 N–H and O–H groups in total. The molecule has 3 rings (SSSR count). The van der Waals surface area contributed by atoms with Gasteiger partial charge in [0.05, 0.1) is 0 Å². The van der Waals surface area contributed by atoms with Gasteiger partial charge in [-0.2, -0.15) is 0 Å². The van der Waals surface area contributed by atoms with E-state index in [9.17, 15) is 4.39 Å². The molecule has 0 amide bonds. The lowest BCUT2D eigenvalue weighted by Crippen LogP contribution is -1.90. The maximum Gasteiger partial charge on any atom is 0.131 e. The van der Waals surface area contributed by atoms with Crippen molar-refractivity contribution in [1.29, 1.82) is 0 Å². The van der Waals surface area contributed by atoms with Crippen LogP contribution in [0.1, 0.15) is 61.3 Å². The van der Waals surface area contributed by atoms with Crippen LogP contribution < -0.4 is 0 Å². The average Bonchev–Trinajstić information content (AvgIpc) is 2.80. The number of hydrogen-bond acceptors (Lipinski definition) is 0. The van der Waals surface area contributed by atoms with Gasteiger partial charge in [0.15, 0.2) is 0 Å². The van der Waals surface area contributed by atoms with E-state index in [1.54, 1.807) is 6.07 Å². The van der Waals surface area contributed by atoms with Gasteiger partial charge >= 0.3 is 0 Å². The van der Waals surface area contributed by atoms with Crippen LogP contribution in [0, 0.1) is 17.7 Å². The Bertz CT molecular complexity index is 1030. The van der Waals surface area contributed by atoms with Crippen molar-refractivity contribution in [3.63, 3.8) is 0 Å². The van der Waals surface area contributed by atoms with Gasteiger partial charge < -0.3 is 0 Å². The summed E-state index contributed by atoms with van der Waals surface area (Å²) in [5.41, 5.74) is 5.87. The van der Waals surface area contributed by atoms with Crippen LogP contribution in [0.4, 0.5) is 4.39 Å². The quantitative estimate of drug-likeness (QED) is 0.190. The summed E-state index contributed by atoms with van der Waals surface area (Å²) < 4.78 is 14.5. The van der Waals surface area contributed by atoms with Crippen molar-refractivity contribution >= 4 is 0 Å². The largest absolute Gasteiger partial charge is 0.206 e. The highest BCUT2D eigenvalue weighted by molar-refractivity contribution is 5.65. The predicted octanol–water partition coefficient (Wildman–Crippen LogP) is 8.13. The van der Waals surface area contributed by atoms with Crippen LogP contribution in [0.25, 0.3) is 11.1 Å². The van der Waals surface area contributed by atoms with Crippen LogP contribution >= 0.6 is 0 Å². The molecule has 158 valence electrons. The van der Waals surface area contributed by atoms with Gasteiger partial charge in [0, 0.05) is 16.7 Å².